The number of hydrogen-bond acceptors (Lipinski definition) is 1. The van der Waals surface area contributed by atoms with Crippen LogP contribution in [-0.2, 0) is 4.74 Å². The molecule has 0 fully saturated rings. The second kappa shape index (κ2) is 7.13. The lowest BCUT2D eigenvalue weighted by molar-refractivity contribution is 0.0556. The molecule has 0 aromatic heterocycles. The van der Waals surface area contributed by atoms with Crippen molar-refractivity contribution in [3.05, 3.63) is 41.0 Å². The summed E-state index contributed by atoms with van der Waals surface area (Å²) < 4.78 is 33.1. The molecule has 0 aliphatic carbocycles. The van der Waals surface area contributed by atoms with E-state index in [2.05, 4.69) is 13.0 Å². The van der Waals surface area contributed by atoms with Crippen LogP contribution in [0.1, 0.15) is 31.7 Å². The number of ether oxygens (including phenoxy) is 1. The number of aryl methyl sites for hydroxylation is 1. The fourth-order valence-corrected chi connectivity index (χ4v) is 4.12. The van der Waals surface area contributed by atoms with Gasteiger partial charge in [0.15, 0.2) is 11.6 Å². The molecule has 1 atom stereocenters. The fourth-order valence-electron chi connectivity index (χ4n) is 2.52. The van der Waals surface area contributed by atoms with Crippen LogP contribution in [-0.4, -0.2) is 22.2 Å². The summed E-state index contributed by atoms with van der Waals surface area (Å²) in [4.78, 5) is 0. The van der Waals surface area contributed by atoms with E-state index in [0.717, 1.165) is 25.3 Å². The molecule has 20 heavy (non-hydrogen) atoms. The molecular formula is C16H22F2OSi. The third-order valence-corrected chi connectivity index (χ3v) is 5.83. The summed E-state index contributed by atoms with van der Waals surface area (Å²) in [5, 5.41) is 0.588. The number of benzene rings is 1. The smallest absolute Gasteiger partial charge is 0.161 e. The average Bonchev–Trinajstić information content (AvgIpc) is 2.46. The van der Waals surface area contributed by atoms with Gasteiger partial charge < -0.3 is 4.74 Å². The van der Waals surface area contributed by atoms with Gasteiger partial charge in [0.05, 0.1) is 22.2 Å². The molecule has 2 rings (SSSR count). The van der Waals surface area contributed by atoms with Crippen LogP contribution in [0.15, 0.2) is 23.8 Å². The molecule has 1 aromatic carbocycles. The normalized spacial score (nSPS) is 19.6. The largest absolute Gasteiger partial charge is 0.374 e. The van der Waals surface area contributed by atoms with Crippen LogP contribution in [0.3, 0.4) is 0 Å². The van der Waals surface area contributed by atoms with Gasteiger partial charge in [0.1, 0.15) is 0 Å². The van der Waals surface area contributed by atoms with Crippen LogP contribution in [0.5, 0.6) is 0 Å². The molecule has 110 valence electrons. The van der Waals surface area contributed by atoms with Gasteiger partial charge in [-0.25, -0.2) is 8.78 Å². The van der Waals surface area contributed by atoms with Crippen molar-refractivity contribution in [3.63, 3.8) is 0 Å². The summed E-state index contributed by atoms with van der Waals surface area (Å²) in [6.07, 6.45) is 5.77. The van der Waals surface area contributed by atoms with Crippen molar-refractivity contribution in [2.45, 2.75) is 45.3 Å². The van der Waals surface area contributed by atoms with Gasteiger partial charge in [0, 0.05) is 0 Å². The Morgan fingerprint density at radius 2 is 2.10 bits per heavy atom. The Morgan fingerprint density at radius 3 is 2.75 bits per heavy atom. The molecular weight excluding hydrogens is 274 g/mol. The van der Waals surface area contributed by atoms with Crippen LogP contribution in [0.4, 0.5) is 8.78 Å². The maximum absolute atomic E-state index is 13.8. The van der Waals surface area contributed by atoms with Crippen LogP contribution in [0.25, 0.3) is 0 Å². The van der Waals surface area contributed by atoms with E-state index in [9.17, 15) is 8.78 Å². The summed E-state index contributed by atoms with van der Waals surface area (Å²) >= 11 is 0. The van der Waals surface area contributed by atoms with E-state index in [4.69, 9.17) is 4.74 Å². The van der Waals surface area contributed by atoms with Crippen molar-refractivity contribution in [1.82, 2.24) is 0 Å². The topological polar surface area (TPSA) is 9.23 Å². The molecule has 0 radical (unpaired) electrons. The Hall–Kier alpha value is -1.00. The van der Waals surface area contributed by atoms with E-state index in [1.165, 1.54) is 5.57 Å². The maximum atomic E-state index is 13.8. The fraction of sp³-hybridized carbons (Fsp3) is 0.500. The van der Waals surface area contributed by atoms with Crippen LogP contribution in [0.2, 0.25) is 6.04 Å². The first kappa shape index (κ1) is 15.4. The maximum Gasteiger partial charge on any atom is 0.161 e. The zero-order chi connectivity index (χ0) is 14.5. The summed E-state index contributed by atoms with van der Waals surface area (Å²) in [5.41, 5.74) is 1.63. The molecule has 0 saturated carbocycles. The Labute approximate surface area is 121 Å². The van der Waals surface area contributed by atoms with Crippen molar-refractivity contribution in [1.29, 1.82) is 0 Å². The van der Waals surface area contributed by atoms with Gasteiger partial charge >= 0.3 is 0 Å². The van der Waals surface area contributed by atoms with E-state index < -0.39 is 21.2 Å². The third kappa shape index (κ3) is 3.76. The van der Waals surface area contributed by atoms with E-state index in [1.807, 2.05) is 0 Å². The number of hydrogen-bond donors (Lipinski definition) is 0. The predicted molar refractivity (Wildman–Crippen MR) is 81.4 cm³/mol. The first-order valence-electron chi connectivity index (χ1n) is 7.34. The number of rotatable bonds is 5. The summed E-state index contributed by atoms with van der Waals surface area (Å²) in [5.74, 6) is -1.33. The van der Waals surface area contributed by atoms with E-state index in [1.54, 1.807) is 19.1 Å². The molecule has 0 spiro atoms. The Bertz CT molecular complexity index is 499. The number of halogens is 2. The van der Waals surface area contributed by atoms with Crippen LogP contribution in [0, 0.1) is 18.6 Å². The highest BCUT2D eigenvalue weighted by molar-refractivity contribution is 6.54. The van der Waals surface area contributed by atoms with Crippen molar-refractivity contribution < 1.29 is 13.5 Å². The average molecular weight is 296 g/mol. The van der Waals surface area contributed by atoms with Gasteiger partial charge in [0.25, 0.3) is 0 Å². The Balaban J connectivity index is 1.92. The highest BCUT2D eigenvalue weighted by atomic mass is 28.2. The predicted octanol–water partition coefficient (Wildman–Crippen LogP) is 3.00. The van der Waals surface area contributed by atoms with Crippen molar-refractivity contribution >= 4 is 14.7 Å². The van der Waals surface area contributed by atoms with Gasteiger partial charge in [-0.3, -0.25) is 0 Å². The van der Waals surface area contributed by atoms with Gasteiger partial charge in [-0.1, -0.05) is 37.1 Å². The third-order valence-electron chi connectivity index (χ3n) is 3.86. The zero-order valence-corrected chi connectivity index (χ0v) is 13.6. The standard InChI is InChI=1S/C16H22F2OSi/c1-3-4-13-7-6-12(9-19-13)10-20-14-8-5-11(2)15(17)16(14)18/h5-6,8,13H,3-4,7,9-10,20H2,1-2H3. The summed E-state index contributed by atoms with van der Waals surface area (Å²) in [7, 11) is -0.814. The molecule has 0 bridgehead atoms. The lowest BCUT2D eigenvalue weighted by Crippen LogP contribution is -2.24. The zero-order valence-electron chi connectivity index (χ0n) is 12.2. The second-order valence-electron chi connectivity index (χ2n) is 5.49. The van der Waals surface area contributed by atoms with Gasteiger partial charge in [-0.05, 0) is 36.6 Å². The van der Waals surface area contributed by atoms with Crippen molar-refractivity contribution in [2.75, 3.05) is 6.61 Å². The van der Waals surface area contributed by atoms with E-state index in [-0.39, 0.29) is 0 Å². The monoisotopic (exact) mass is 296 g/mol. The van der Waals surface area contributed by atoms with Crippen molar-refractivity contribution in [3.8, 4) is 0 Å². The first-order chi connectivity index (χ1) is 9.61. The second-order valence-corrected chi connectivity index (χ2v) is 7.25. The molecule has 0 amide bonds. The molecule has 1 unspecified atom stereocenters. The van der Waals surface area contributed by atoms with Crippen LogP contribution < -0.4 is 5.19 Å². The molecule has 1 heterocycles. The molecule has 4 heteroatoms. The lowest BCUT2D eigenvalue weighted by Gasteiger charge is -2.22. The molecule has 1 nitrogen and oxygen atoms in total. The SMILES string of the molecule is CCCC1CC=C(C[SiH2]c2ccc(C)c(F)c2F)CO1. The van der Waals surface area contributed by atoms with Crippen molar-refractivity contribution in [2.24, 2.45) is 0 Å². The lowest BCUT2D eigenvalue weighted by atomic mass is 10.1. The Morgan fingerprint density at radius 1 is 1.30 bits per heavy atom. The molecule has 0 saturated heterocycles. The highest BCUT2D eigenvalue weighted by Crippen LogP contribution is 2.18. The molecule has 1 aliphatic heterocycles. The first-order valence-corrected chi connectivity index (χ1v) is 9.05. The van der Waals surface area contributed by atoms with E-state index in [0.29, 0.717) is 23.5 Å². The van der Waals surface area contributed by atoms with Gasteiger partial charge in [-0.2, -0.15) is 0 Å². The molecule has 0 N–H and O–H groups in total. The summed E-state index contributed by atoms with van der Waals surface area (Å²) in [6.45, 7) is 4.41. The van der Waals surface area contributed by atoms with E-state index >= 15 is 0 Å². The van der Waals surface area contributed by atoms with Gasteiger partial charge in [0.2, 0.25) is 0 Å². The van der Waals surface area contributed by atoms with Gasteiger partial charge in [-0.15, -0.1) is 0 Å². The minimum atomic E-state index is -0.814. The molecule has 1 aromatic rings. The summed E-state index contributed by atoms with van der Waals surface area (Å²) in [6, 6.07) is 4.28. The molecule has 1 aliphatic rings. The van der Waals surface area contributed by atoms with Crippen LogP contribution >= 0.6 is 0 Å². The minimum absolute atomic E-state index is 0.346. The highest BCUT2D eigenvalue weighted by Gasteiger charge is 2.15. The quantitative estimate of drug-likeness (QED) is 0.599. The minimum Gasteiger partial charge on any atom is -0.374 e. The Kier molecular flexibility index (Phi) is 5.49.